The van der Waals surface area contributed by atoms with Crippen molar-refractivity contribution in [2.75, 3.05) is 33.5 Å². The van der Waals surface area contributed by atoms with E-state index < -0.39 is 5.97 Å². The summed E-state index contributed by atoms with van der Waals surface area (Å²) in [6.07, 6.45) is 2.23. The van der Waals surface area contributed by atoms with Gasteiger partial charge in [-0.25, -0.2) is 9.68 Å². The highest BCUT2D eigenvalue weighted by Crippen LogP contribution is 2.24. The van der Waals surface area contributed by atoms with E-state index in [4.69, 9.17) is 18.9 Å². The molecule has 0 saturated carbocycles. The minimum absolute atomic E-state index is 0.112. The van der Waals surface area contributed by atoms with E-state index in [0.29, 0.717) is 31.8 Å². The lowest BCUT2D eigenvalue weighted by Gasteiger charge is -2.08. The summed E-state index contributed by atoms with van der Waals surface area (Å²) in [5, 5.41) is 7.23. The minimum atomic E-state index is -0.435. The predicted molar refractivity (Wildman–Crippen MR) is 182 cm³/mol. The molecule has 0 radical (unpaired) electrons. The number of rotatable bonds is 13. The fourth-order valence-corrected chi connectivity index (χ4v) is 4.76. The smallest absolute Gasteiger partial charge is 0.330 e. The lowest BCUT2D eigenvalue weighted by atomic mass is 10.1. The van der Waals surface area contributed by atoms with Crippen molar-refractivity contribution in [2.24, 2.45) is 0 Å². The number of hydrogen-bond acceptors (Lipinski definition) is 7. The Morgan fingerprint density at radius 2 is 1.19 bits per heavy atom. The summed E-state index contributed by atoms with van der Waals surface area (Å²) in [6, 6.07) is 29.4. The van der Waals surface area contributed by atoms with Crippen LogP contribution >= 0.6 is 0 Å². The number of halogens is 1. The van der Waals surface area contributed by atoms with Crippen molar-refractivity contribution in [1.29, 1.82) is 0 Å². The molecule has 0 N–H and O–H groups in total. The van der Waals surface area contributed by atoms with E-state index >= 15 is 0 Å². The fourth-order valence-electron chi connectivity index (χ4n) is 4.76. The van der Waals surface area contributed by atoms with Crippen molar-refractivity contribution in [3.63, 3.8) is 0 Å². The highest BCUT2D eigenvalue weighted by molar-refractivity contribution is 5.86. The largest absolute Gasteiger partial charge is 0.495 e. The van der Waals surface area contributed by atoms with Gasteiger partial charge in [0.1, 0.15) is 17.2 Å². The Morgan fingerprint density at radius 3 is 1.77 bits per heavy atom. The highest BCUT2D eigenvalue weighted by Gasteiger charge is 2.04. The summed E-state index contributed by atoms with van der Waals surface area (Å²) in [5.74, 6) is 14.6. The Morgan fingerprint density at radius 1 is 0.667 bits per heavy atom. The summed E-state index contributed by atoms with van der Waals surface area (Å²) < 4.78 is 33.6. The van der Waals surface area contributed by atoms with Crippen molar-refractivity contribution in [2.45, 2.75) is 12.8 Å². The maximum absolute atomic E-state index is 11.5. The molecule has 7 nitrogen and oxygen atoms in total. The van der Waals surface area contributed by atoms with Crippen molar-refractivity contribution >= 4 is 27.5 Å². The molecule has 5 aromatic rings. The molecule has 242 valence electrons. The third kappa shape index (κ3) is 9.60. The molecule has 0 aromatic heterocycles. The number of ether oxygens (including phenoxy) is 4. The molecule has 0 amide bonds. The third-order valence-electron chi connectivity index (χ3n) is 7.17. The zero-order chi connectivity index (χ0) is 33.6. The van der Waals surface area contributed by atoms with Crippen LogP contribution in [0.5, 0.6) is 17.2 Å². The average Bonchev–Trinajstić information content (AvgIpc) is 3.12. The van der Waals surface area contributed by atoms with Crippen LogP contribution in [-0.2, 0) is 19.5 Å². The van der Waals surface area contributed by atoms with Crippen LogP contribution in [0.1, 0.15) is 35.1 Å². The van der Waals surface area contributed by atoms with Gasteiger partial charge in [-0.05, 0) is 97.9 Å². The first-order valence-electron chi connectivity index (χ1n) is 15.3. The Balaban J connectivity index is 1.21. The van der Waals surface area contributed by atoms with E-state index in [-0.39, 0.29) is 13.2 Å². The van der Waals surface area contributed by atoms with Crippen LogP contribution < -0.4 is 14.2 Å². The first-order valence-corrected chi connectivity index (χ1v) is 15.3. The van der Waals surface area contributed by atoms with Crippen LogP contribution in [-0.4, -0.2) is 39.5 Å². The quantitative estimate of drug-likeness (QED) is 0.0322. The maximum atomic E-state index is 11.5. The first kappa shape index (κ1) is 33.6. The summed E-state index contributed by atoms with van der Waals surface area (Å²) in [4.78, 5) is 15.3. The van der Waals surface area contributed by atoms with Crippen LogP contribution in [0.2, 0.25) is 0 Å². The van der Waals surface area contributed by atoms with Crippen molar-refractivity contribution in [1.82, 2.24) is 0 Å². The molecule has 48 heavy (non-hydrogen) atoms. The van der Waals surface area contributed by atoms with Gasteiger partial charge >= 0.3 is 5.97 Å². The molecule has 5 rings (SSSR count). The molecule has 0 bridgehead atoms. The second kappa shape index (κ2) is 17.2. The molecule has 8 heteroatoms. The van der Waals surface area contributed by atoms with Crippen molar-refractivity contribution in [3.05, 3.63) is 126 Å². The van der Waals surface area contributed by atoms with E-state index in [2.05, 4.69) is 40.2 Å². The zero-order valence-corrected chi connectivity index (χ0v) is 26.4. The average molecular weight is 645 g/mol. The van der Waals surface area contributed by atoms with E-state index in [0.717, 1.165) is 61.4 Å². The molecule has 0 aliphatic carbocycles. The van der Waals surface area contributed by atoms with E-state index in [1.807, 2.05) is 91.0 Å². The van der Waals surface area contributed by atoms with Crippen LogP contribution in [0.4, 0.5) is 4.53 Å². The topological polar surface area (TPSA) is 72.5 Å². The second-order valence-corrected chi connectivity index (χ2v) is 10.5. The van der Waals surface area contributed by atoms with Gasteiger partial charge in [0.15, 0.2) is 0 Å². The fraction of sp³-hybridized carbons (Fsp3) is 0.175. The standard InChI is InChI=1S/C40H33FO7/c1-3-40(42)46-22-4-20-44-37-18-17-34-25-30(11-15-36(34)27-37)8-12-32-13-9-31(26-39(32)43-2)7-6-29-10-14-35-28-38(19-16-33(35)24-29)45-21-5-23-47-48-41/h3,9-11,13-19,24-28H,1,4-5,20-23H2,2H3. The number of carbonyl (C=O) groups excluding carboxylic acids is 1. The molecule has 0 unspecified atom stereocenters. The lowest BCUT2D eigenvalue weighted by Crippen LogP contribution is -2.06. The molecule has 0 saturated heterocycles. The van der Waals surface area contributed by atoms with E-state index in [9.17, 15) is 9.32 Å². The molecule has 0 fully saturated rings. The predicted octanol–water partition coefficient (Wildman–Crippen LogP) is 7.90. The molecule has 0 spiro atoms. The summed E-state index contributed by atoms with van der Waals surface area (Å²) >= 11 is 0. The maximum Gasteiger partial charge on any atom is 0.330 e. The Bertz CT molecular complexity index is 2030. The minimum Gasteiger partial charge on any atom is -0.495 e. The van der Waals surface area contributed by atoms with Crippen LogP contribution in [0.25, 0.3) is 21.5 Å². The number of methoxy groups -OCH3 is 1. The van der Waals surface area contributed by atoms with Gasteiger partial charge in [-0.2, -0.15) is 0 Å². The van der Waals surface area contributed by atoms with Gasteiger partial charge in [-0.15, -0.1) is 0 Å². The number of esters is 1. The van der Waals surface area contributed by atoms with Gasteiger partial charge in [0.2, 0.25) is 0 Å². The Kier molecular flexibility index (Phi) is 12.0. The number of carbonyl (C=O) groups is 1. The molecule has 0 aliphatic heterocycles. The second-order valence-electron chi connectivity index (χ2n) is 10.5. The van der Waals surface area contributed by atoms with Crippen molar-refractivity contribution in [3.8, 4) is 40.9 Å². The normalized spacial score (nSPS) is 10.4. The number of benzene rings is 5. The van der Waals surface area contributed by atoms with E-state index in [1.165, 1.54) is 0 Å². The van der Waals surface area contributed by atoms with Crippen molar-refractivity contribution < 1.29 is 38.2 Å². The number of hydrogen-bond donors (Lipinski definition) is 0. The van der Waals surface area contributed by atoms with Gasteiger partial charge in [-0.3, -0.25) is 0 Å². The van der Waals surface area contributed by atoms with E-state index in [1.54, 1.807) is 7.11 Å². The van der Waals surface area contributed by atoms with Gasteiger partial charge in [0, 0.05) is 35.6 Å². The molecule has 0 atom stereocenters. The molecule has 5 aromatic carbocycles. The zero-order valence-electron chi connectivity index (χ0n) is 26.4. The van der Waals surface area contributed by atoms with Crippen LogP contribution in [0.3, 0.4) is 0 Å². The summed E-state index contributed by atoms with van der Waals surface area (Å²) in [7, 11) is 1.62. The highest BCUT2D eigenvalue weighted by atomic mass is 19.3. The summed E-state index contributed by atoms with van der Waals surface area (Å²) in [5.41, 5.74) is 3.32. The monoisotopic (exact) mass is 644 g/mol. The molecule has 0 heterocycles. The molecular weight excluding hydrogens is 611 g/mol. The van der Waals surface area contributed by atoms with Crippen LogP contribution in [0.15, 0.2) is 104 Å². The number of fused-ring (bicyclic) bond motifs is 2. The van der Waals surface area contributed by atoms with Gasteiger partial charge in [0.25, 0.3) is 0 Å². The van der Waals surface area contributed by atoms with Gasteiger partial charge in [0.05, 0.1) is 39.1 Å². The first-order chi connectivity index (χ1) is 23.5. The third-order valence-corrected chi connectivity index (χ3v) is 7.17. The Labute approximate surface area is 278 Å². The Hall–Kier alpha value is -5.80. The van der Waals surface area contributed by atoms with Gasteiger partial charge < -0.3 is 18.9 Å². The lowest BCUT2D eigenvalue weighted by molar-refractivity contribution is -0.429. The molecule has 0 aliphatic rings. The molecular formula is C40H33FO7. The summed E-state index contributed by atoms with van der Waals surface area (Å²) in [6.45, 7) is 4.59. The van der Waals surface area contributed by atoms with Crippen LogP contribution in [0, 0.1) is 23.7 Å². The van der Waals surface area contributed by atoms with Gasteiger partial charge in [-0.1, -0.05) is 54.5 Å². The SMILES string of the molecule is C=CC(=O)OCCCOc1ccc2cc(C#Cc3ccc(C#Cc4ccc5cc(OCCCOOF)ccc5c4)cc3OC)ccc2c1.